The SMILES string of the molecule is [2H]c1c([2H])c([2H])c(-c2cccc(-c3nc(-c4ccccc4)nc(-c4cccc5c4oc4ccc(-c6ccccc6)cc45)n3)c2)c([2H])c1[2H]. The number of para-hydroxylation sites is 1. The number of furan rings is 1. The zero-order chi connectivity index (χ0) is 32.9. The number of hydrogen-bond acceptors (Lipinski definition) is 4. The van der Waals surface area contributed by atoms with Gasteiger partial charge in [0.2, 0.25) is 0 Å². The van der Waals surface area contributed by atoms with E-state index in [0.717, 1.165) is 33.0 Å². The average molecular weight is 557 g/mol. The minimum Gasteiger partial charge on any atom is -0.455 e. The molecule has 0 spiro atoms. The first-order valence-corrected chi connectivity index (χ1v) is 13.9. The summed E-state index contributed by atoms with van der Waals surface area (Å²) in [7, 11) is 0. The minimum atomic E-state index is -0.435. The smallest absolute Gasteiger partial charge is 0.167 e. The summed E-state index contributed by atoms with van der Waals surface area (Å²) in [5.74, 6) is 1.25. The van der Waals surface area contributed by atoms with Crippen molar-refractivity contribution in [3.63, 3.8) is 0 Å². The third-order valence-electron chi connectivity index (χ3n) is 7.42. The van der Waals surface area contributed by atoms with Gasteiger partial charge >= 0.3 is 0 Å². The number of hydrogen-bond donors (Lipinski definition) is 0. The zero-order valence-corrected chi connectivity index (χ0v) is 22.8. The van der Waals surface area contributed by atoms with Crippen molar-refractivity contribution in [2.24, 2.45) is 0 Å². The van der Waals surface area contributed by atoms with Crippen LogP contribution in [0.15, 0.2) is 156 Å². The molecule has 0 N–H and O–H groups in total. The van der Waals surface area contributed by atoms with E-state index in [1.807, 2.05) is 78.9 Å². The number of aromatic nitrogens is 3. The Morgan fingerprint density at radius 2 is 1.07 bits per heavy atom. The molecule has 2 heterocycles. The molecule has 43 heavy (non-hydrogen) atoms. The third-order valence-corrected chi connectivity index (χ3v) is 7.42. The Balaban J connectivity index is 1.32. The normalized spacial score (nSPS) is 12.9. The van der Waals surface area contributed by atoms with Gasteiger partial charge in [-0.05, 0) is 46.5 Å². The predicted molar refractivity (Wildman–Crippen MR) is 174 cm³/mol. The Kier molecular flexibility index (Phi) is 4.91. The first-order valence-electron chi connectivity index (χ1n) is 16.4. The van der Waals surface area contributed by atoms with Crippen molar-refractivity contribution in [1.82, 2.24) is 15.0 Å². The first kappa shape index (κ1) is 20.1. The van der Waals surface area contributed by atoms with E-state index < -0.39 is 6.04 Å². The molecule has 0 bridgehead atoms. The minimum absolute atomic E-state index is 0.113. The summed E-state index contributed by atoms with van der Waals surface area (Å²) in [6.45, 7) is 0. The average Bonchev–Trinajstić information content (AvgIpc) is 3.52. The molecule has 0 saturated heterocycles. The van der Waals surface area contributed by atoms with Crippen molar-refractivity contribution in [3.05, 3.63) is 152 Å². The van der Waals surface area contributed by atoms with Crippen molar-refractivity contribution in [2.75, 3.05) is 0 Å². The maximum Gasteiger partial charge on any atom is 0.167 e. The van der Waals surface area contributed by atoms with E-state index in [1.165, 1.54) is 0 Å². The van der Waals surface area contributed by atoms with Crippen LogP contribution in [-0.2, 0) is 0 Å². The van der Waals surface area contributed by atoms with Crippen LogP contribution in [0.5, 0.6) is 0 Å². The van der Waals surface area contributed by atoms with Crippen molar-refractivity contribution in [1.29, 1.82) is 0 Å². The topological polar surface area (TPSA) is 51.8 Å². The molecule has 202 valence electrons. The van der Waals surface area contributed by atoms with E-state index >= 15 is 0 Å². The molecule has 8 rings (SSSR count). The van der Waals surface area contributed by atoms with E-state index in [2.05, 4.69) is 24.3 Å². The van der Waals surface area contributed by atoms with E-state index in [0.29, 0.717) is 39.7 Å². The maximum atomic E-state index is 8.50. The monoisotopic (exact) mass is 556 g/mol. The lowest BCUT2D eigenvalue weighted by molar-refractivity contribution is 0.669. The van der Waals surface area contributed by atoms with Gasteiger partial charge in [0.05, 0.1) is 12.4 Å². The van der Waals surface area contributed by atoms with Crippen LogP contribution in [0.1, 0.15) is 6.85 Å². The molecule has 2 aromatic heterocycles. The number of nitrogens with zero attached hydrogens (tertiary/aromatic N) is 3. The van der Waals surface area contributed by atoms with Gasteiger partial charge in [0.25, 0.3) is 0 Å². The third kappa shape index (κ3) is 4.65. The molecule has 0 fully saturated rings. The van der Waals surface area contributed by atoms with Crippen LogP contribution < -0.4 is 0 Å². The van der Waals surface area contributed by atoms with Gasteiger partial charge in [0.1, 0.15) is 11.2 Å². The van der Waals surface area contributed by atoms with Crippen LogP contribution in [-0.4, -0.2) is 15.0 Å². The van der Waals surface area contributed by atoms with Crippen LogP contribution in [0, 0.1) is 0 Å². The Labute approximate surface area is 256 Å². The highest BCUT2D eigenvalue weighted by Gasteiger charge is 2.18. The molecule has 4 heteroatoms. The Bertz CT molecular complexity index is 2490. The Morgan fingerprint density at radius 3 is 1.86 bits per heavy atom. The lowest BCUT2D eigenvalue weighted by atomic mass is 10.0. The van der Waals surface area contributed by atoms with Gasteiger partial charge in [0.15, 0.2) is 17.5 Å². The second-order valence-corrected chi connectivity index (χ2v) is 10.1. The van der Waals surface area contributed by atoms with Crippen LogP contribution in [0.4, 0.5) is 0 Å². The highest BCUT2D eigenvalue weighted by Crippen LogP contribution is 2.37. The van der Waals surface area contributed by atoms with Crippen LogP contribution in [0.3, 0.4) is 0 Å². The van der Waals surface area contributed by atoms with E-state index in [1.54, 1.807) is 18.2 Å². The van der Waals surface area contributed by atoms with Crippen LogP contribution in [0.25, 0.3) is 78.4 Å². The van der Waals surface area contributed by atoms with Gasteiger partial charge in [-0.2, -0.15) is 0 Å². The summed E-state index contributed by atoms with van der Waals surface area (Å²) < 4.78 is 47.8. The molecule has 0 amide bonds. The summed E-state index contributed by atoms with van der Waals surface area (Å²) in [6.07, 6.45) is 0. The molecule has 0 unspecified atom stereocenters. The van der Waals surface area contributed by atoms with Crippen molar-refractivity contribution >= 4 is 21.9 Å². The Morgan fingerprint density at radius 1 is 0.442 bits per heavy atom. The predicted octanol–water partition coefficient (Wildman–Crippen LogP) is 10.1. The molecular weight excluding hydrogens is 526 g/mol. The van der Waals surface area contributed by atoms with E-state index in [4.69, 9.17) is 26.2 Å². The molecule has 0 atom stereocenters. The summed E-state index contributed by atoms with van der Waals surface area (Å²) in [5, 5.41) is 1.92. The molecular formula is C39H25N3O. The van der Waals surface area contributed by atoms with Gasteiger partial charge in [-0.3, -0.25) is 0 Å². The second-order valence-electron chi connectivity index (χ2n) is 10.1. The largest absolute Gasteiger partial charge is 0.455 e. The van der Waals surface area contributed by atoms with Crippen LogP contribution in [0.2, 0.25) is 0 Å². The van der Waals surface area contributed by atoms with E-state index in [9.17, 15) is 0 Å². The molecule has 4 nitrogen and oxygen atoms in total. The fourth-order valence-electron chi connectivity index (χ4n) is 5.33. The summed E-state index contributed by atoms with van der Waals surface area (Å²) in [5.41, 5.74) is 6.28. The standard InChI is InChI=1S/C39H25N3O/c1-4-12-26(13-5-1)29-18-10-19-31(24-29)38-40-37(28-16-8-3-9-17-28)41-39(42-38)33-21-11-20-32-34-25-30(27-14-6-2-7-15-27)22-23-35(34)43-36(32)33/h1-25H/i1D,4D,5D,12D,13D. The highest BCUT2D eigenvalue weighted by atomic mass is 16.3. The van der Waals surface area contributed by atoms with Gasteiger partial charge in [0, 0.05) is 21.9 Å². The number of rotatable bonds is 5. The fraction of sp³-hybridized carbons (Fsp3) is 0. The van der Waals surface area contributed by atoms with Crippen molar-refractivity contribution in [3.8, 4) is 56.4 Å². The quantitative estimate of drug-likeness (QED) is 0.212. The molecule has 0 aliphatic rings. The fourth-order valence-corrected chi connectivity index (χ4v) is 5.33. The molecule has 0 aliphatic carbocycles. The van der Waals surface area contributed by atoms with Crippen molar-refractivity contribution in [2.45, 2.75) is 0 Å². The van der Waals surface area contributed by atoms with Crippen molar-refractivity contribution < 1.29 is 11.3 Å². The summed E-state index contributed by atoms with van der Waals surface area (Å²) in [4.78, 5) is 14.7. The van der Waals surface area contributed by atoms with Gasteiger partial charge in [-0.15, -0.1) is 0 Å². The molecule has 0 radical (unpaired) electrons. The maximum absolute atomic E-state index is 8.50. The lowest BCUT2D eigenvalue weighted by Crippen LogP contribution is -2.00. The Hall–Kier alpha value is -5.87. The lowest BCUT2D eigenvalue weighted by Gasteiger charge is -2.10. The number of benzene rings is 6. The van der Waals surface area contributed by atoms with Gasteiger partial charge < -0.3 is 4.42 Å². The molecule has 8 aromatic rings. The second kappa shape index (κ2) is 10.5. The number of fused-ring (bicyclic) bond motifs is 3. The van der Waals surface area contributed by atoms with E-state index in [-0.39, 0.29) is 29.7 Å². The van der Waals surface area contributed by atoms with Crippen LogP contribution >= 0.6 is 0 Å². The molecule has 0 saturated carbocycles. The first-order chi connectivity index (χ1) is 23.4. The summed E-state index contributed by atoms with van der Waals surface area (Å²) in [6, 6.07) is 37.2. The molecule has 0 aliphatic heterocycles. The van der Waals surface area contributed by atoms with Gasteiger partial charge in [-0.1, -0.05) is 127 Å². The van der Waals surface area contributed by atoms with Gasteiger partial charge in [-0.25, -0.2) is 15.0 Å². The molecule has 6 aromatic carbocycles. The zero-order valence-electron chi connectivity index (χ0n) is 27.8. The summed E-state index contributed by atoms with van der Waals surface area (Å²) >= 11 is 0. The highest BCUT2D eigenvalue weighted by molar-refractivity contribution is 6.10.